The average molecular weight is 337 g/mol. The lowest BCUT2D eigenvalue weighted by Gasteiger charge is -2.05. The first kappa shape index (κ1) is 15.6. The highest BCUT2D eigenvalue weighted by Crippen LogP contribution is 2.47. The summed E-state index contributed by atoms with van der Waals surface area (Å²) >= 11 is 0. The standard InChI is InChI=1S/C18H19N5O2/c1-12-8-15(12)16-5-3-14(25-16)4-7-18(24)22-13-2-6-17(20-9-13)23-11-19-10-21-23/h2-3,5-6,9-12,15H,4,7-8H2,1H3,(H,22,24)/t12-,15+/m1/s1. The first-order chi connectivity index (χ1) is 12.2. The Morgan fingerprint density at radius 2 is 2.24 bits per heavy atom. The molecule has 7 nitrogen and oxygen atoms in total. The molecule has 0 aliphatic heterocycles. The number of carbonyl (C=O) groups excluding carboxylic acids is 1. The largest absolute Gasteiger partial charge is 0.466 e. The summed E-state index contributed by atoms with van der Waals surface area (Å²) in [6.07, 6.45) is 6.79. The minimum Gasteiger partial charge on any atom is -0.466 e. The predicted octanol–water partition coefficient (Wildman–Crippen LogP) is 2.95. The Balaban J connectivity index is 1.29. The van der Waals surface area contributed by atoms with Crippen LogP contribution in [0.2, 0.25) is 0 Å². The van der Waals surface area contributed by atoms with Gasteiger partial charge in [-0.2, -0.15) is 5.10 Å². The fourth-order valence-electron chi connectivity index (χ4n) is 2.83. The maximum atomic E-state index is 12.1. The summed E-state index contributed by atoms with van der Waals surface area (Å²) in [6, 6.07) is 7.58. The molecule has 1 N–H and O–H groups in total. The summed E-state index contributed by atoms with van der Waals surface area (Å²) in [7, 11) is 0. The van der Waals surface area contributed by atoms with Crippen molar-refractivity contribution in [2.24, 2.45) is 5.92 Å². The van der Waals surface area contributed by atoms with E-state index in [1.54, 1.807) is 29.3 Å². The van der Waals surface area contributed by atoms with Crippen molar-refractivity contribution in [1.82, 2.24) is 19.7 Å². The number of aryl methyl sites for hydroxylation is 1. The second-order valence-electron chi connectivity index (χ2n) is 6.42. The monoisotopic (exact) mass is 337 g/mol. The Morgan fingerprint density at radius 1 is 1.36 bits per heavy atom. The van der Waals surface area contributed by atoms with Crippen molar-refractivity contribution in [3.8, 4) is 5.82 Å². The molecule has 3 aromatic rings. The number of nitrogens with zero attached hydrogens (tertiary/aromatic N) is 4. The van der Waals surface area contributed by atoms with Crippen LogP contribution >= 0.6 is 0 Å². The van der Waals surface area contributed by atoms with Gasteiger partial charge in [0.25, 0.3) is 0 Å². The molecular formula is C18H19N5O2. The Morgan fingerprint density at radius 3 is 2.92 bits per heavy atom. The van der Waals surface area contributed by atoms with Crippen LogP contribution in [0.4, 0.5) is 5.69 Å². The van der Waals surface area contributed by atoms with E-state index in [-0.39, 0.29) is 5.91 Å². The third-order valence-electron chi connectivity index (χ3n) is 4.44. The Hall–Kier alpha value is -2.96. The number of nitrogens with one attached hydrogen (secondary N) is 1. The van der Waals surface area contributed by atoms with Gasteiger partial charge in [-0.05, 0) is 36.6 Å². The third kappa shape index (κ3) is 3.60. The highest BCUT2D eigenvalue weighted by atomic mass is 16.3. The lowest BCUT2D eigenvalue weighted by molar-refractivity contribution is -0.116. The summed E-state index contributed by atoms with van der Waals surface area (Å²) in [5, 5.41) is 6.85. The van der Waals surface area contributed by atoms with Crippen LogP contribution in [-0.2, 0) is 11.2 Å². The van der Waals surface area contributed by atoms with Gasteiger partial charge in [0.05, 0.1) is 11.9 Å². The first-order valence-corrected chi connectivity index (χ1v) is 8.38. The molecule has 3 aromatic heterocycles. The van der Waals surface area contributed by atoms with Gasteiger partial charge in [0.2, 0.25) is 5.91 Å². The molecule has 2 atom stereocenters. The minimum absolute atomic E-state index is 0.0620. The molecule has 25 heavy (non-hydrogen) atoms. The Labute approximate surface area is 145 Å². The molecule has 3 heterocycles. The van der Waals surface area contributed by atoms with Crippen molar-refractivity contribution < 1.29 is 9.21 Å². The van der Waals surface area contributed by atoms with Crippen LogP contribution in [0.25, 0.3) is 5.82 Å². The zero-order valence-electron chi connectivity index (χ0n) is 13.9. The topological polar surface area (TPSA) is 85.8 Å². The molecule has 1 fully saturated rings. The highest BCUT2D eigenvalue weighted by Gasteiger charge is 2.36. The maximum absolute atomic E-state index is 12.1. The van der Waals surface area contributed by atoms with E-state index >= 15 is 0 Å². The number of anilines is 1. The maximum Gasteiger partial charge on any atom is 0.224 e. The van der Waals surface area contributed by atoms with Crippen LogP contribution in [0, 0.1) is 5.92 Å². The molecule has 0 radical (unpaired) electrons. The van der Waals surface area contributed by atoms with E-state index in [2.05, 4.69) is 27.3 Å². The van der Waals surface area contributed by atoms with Gasteiger partial charge in [0, 0.05) is 18.8 Å². The van der Waals surface area contributed by atoms with Gasteiger partial charge >= 0.3 is 0 Å². The van der Waals surface area contributed by atoms with Crippen molar-refractivity contribution in [1.29, 1.82) is 0 Å². The van der Waals surface area contributed by atoms with Gasteiger partial charge in [0.1, 0.15) is 24.2 Å². The first-order valence-electron chi connectivity index (χ1n) is 8.38. The molecular weight excluding hydrogens is 318 g/mol. The molecule has 0 unspecified atom stereocenters. The fraction of sp³-hybridized carbons (Fsp3) is 0.333. The number of pyridine rings is 1. The third-order valence-corrected chi connectivity index (χ3v) is 4.44. The second kappa shape index (κ2) is 6.51. The van der Waals surface area contributed by atoms with Gasteiger partial charge in [0.15, 0.2) is 5.82 Å². The summed E-state index contributed by atoms with van der Waals surface area (Å²) in [5.74, 6) is 3.79. The van der Waals surface area contributed by atoms with Crippen molar-refractivity contribution in [2.45, 2.75) is 32.1 Å². The van der Waals surface area contributed by atoms with Gasteiger partial charge < -0.3 is 9.73 Å². The van der Waals surface area contributed by atoms with Crippen LogP contribution < -0.4 is 5.32 Å². The zero-order chi connectivity index (χ0) is 17.2. The van der Waals surface area contributed by atoms with Crippen LogP contribution in [0.15, 0.2) is 47.5 Å². The number of carbonyl (C=O) groups is 1. The molecule has 1 aliphatic carbocycles. The smallest absolute Gasteiger partial charge is 0.224 e. The Bertz CT molecular complexity index is 854. The molecule has 0 bridgehead atoms. The quantitative estimate of drug-likeness (QED) is 0.747. The summed E-state index contributed by atoms with van der Waals surface area (Å²) in [4.78, 5) is 20.2. The minimum atomic E-state index is -0.0620. The highest BCUT2D eigenvalue weighted by molar-refractivity contribution is 5.90. The average Bonchev–Trinajstić information content (AvgIpc) is 3.06. The molecule has 128 valence electrons. The molecule has 1 saturated carbocycles. The number of amides is 1. The molecule has 0 aromatic carbocycles. The molecule has 7 heteroatoms. The normalized spacial score (nSPS) is 18.9. The van der Waals surface area contributed by atoms with E-state index in [1.807, 2.05) is 12.1 Å². The number of rotatable bonds is 6. The van der Waals surface area contributed by atoms with Crippen LogP contribution in [0.3, 0.4) is 0 Å². The number of furan rings is 1. The molecule has 1 aliphatic rings. The molecule has 1 amide bonds. The lowest BCUT2D eigenvalue weighted by Crippen LogP contribution is -2.12. The van der Waals surface area contributed by atoms with E-state index < -0.39 is 0 Å². The molecule has 0 spiro atoms. The van der Waals surface area contributed by atoms with Gasteiger partial charge in [-0.25, -0.2) is 14.6 Å². The second-order valence-corrected chi connectivity index (χ2v) is 6.42. The summed E-state index contributed by atoms with van der Waals surface area (Å²) in [6.45, 7) is 2.22. The van der Waals surface area contributed by atoms with Gasteiger partial charge in [-0.1, -0.05) is 6.92 Å². The van der Waals surface area contributed by atoms with Crippen molar-refractivity contribution in [3.05, 3.63) is 54.6 Å². The van der Waals surface area contributed by atoms with E-state index in [4.69, 9.17) is 4.42 Å². The molecule has 0 saturated heterocycles. The van der Waals surface area contributed by atoms with E-state index in [1.165, 1.54) is 12.7 Å². The summed E-state index contributed by atoms with van der Waals surface area (Å²) < 4.78 is 7.38. The fourth-order valence-corrected chi connectivity index (χ4v) is 2.83. The van der Waals surface area contributed by atoms with Crippen molar-refractivity contribution in [3.63, 3.8) is 0 Å². The lowest BCUT2D eigenvalue weighted by atomic mass is 10.2. The predicted molar refractivity (Wildman–Crippen MR) is 91.3 cm³/mol. The Kier molecular flexibility index (Phi) is 4.05. The molecule has 4 rings (SSSR count). The van der Waals surface area contributed by atoms with Crippen molar-refractivity contribution in [2.75, 3.05) is 5.32 Å². The number of hydrogen-bond donors (Lipinski definition) is 1. The SMILES string of the molecule is C[C@@H]1C[C@@H]1c1ccc(CCC(=O)Nc2ccc(-n3cncn3)nc2)o1. The van der Waals surface area contributed by atoms with Crippen LogP contribution in [-0.4, -0.2) is 25.7 Å². The van der Waals surface area contributed by atoms with E-state index in [9.17, 15) is 4.79 Å². The number of hydrogen-bond acceptors (Lipinski definition) is 5. The zero-order valence-corrected chi connectivity index (χ0v) is 13.9. The van der Waals surface area contributed by atoms with Crippen LogP contribution in [0.5, 0.6) is 0 Å². The van der Waals surface area contributed by atoms with Crippen molar-refractivity contribution >= 4 is 11.6 Å². The summed E-state index contributed by atoms with van der Waals surface area (Å²) in [5.41, 5.74) is 0.654. The van der Waals surface area contributed by atoms with Gasteiger partial charge in [-0.3, -0.25) is 4.79 Å². The number of aromatic nitrogens is 4. The van der Waals surface area contributed by atoms with Gasteiger partial charge in [-0.15, -0.1) is 0 Å². The van der Waals surface area contributed by atoms with E-state index in [0.717, 1.165) is 17.4 Å². The van der Waals surface area contributed by atoms with Crippen LogP contribution in [0.1, 0.15) is 37.2 Å². The van der Waals surface area contributed by atoms with E-state index in [0.29, 0.717) is 30.3 Å².